The van der Waals surface area contributed by atoms with Gasteiger partial charge in [0, 0.05) is 12.8 Å². The number of amides is 1. The van der Waals surface area contributed by atoms with Crippen LogP contribution in [0.2, 0.25) is 0 Å². The Bertz CT molecular complexity index is 1080. The summed E-state index contributed by atoms with van der Waals surface area (Å²) >= 11 is 0. The molecule has 0 rings (SSSR count). The van der Waals surface area contributed by atoms with Gasteiger partial charge < -0.3 is 20.3 Å². The van der Waals surface area contributed by atoms with Gasteiger partial charge in [-0.1, -0.05) is 229 Å². The van der Waals surface area contributed by atoms with Crippen molar-refractivity contribution >= 4 is 11.9 Å². The highest BCUT2D eigenvalue weighted by Gasteiger charge is 2.18. The lowest BCUT2D eigenvalue weighted by atomic mass is 10.0. The molecule has 0 aliphatic rings. The summed E-state index contributed by atoms with van der Waals surface area (Å²) < 4.78 is 5.47. The fourth-order valence-corrected chi connectivity index (χ4v) is 8.25. The number of esters is 1. The van der Waals surface area contributed by atoms with Crippen LogP contribution in [0.5, 0.6) is 0 Å². The highest BCUT2D eigenvalue weighted by Crippen LogP contribution is 2.15. The average Bonchev–Trinajstić information content (AvgIpc) is 3.29. The van der Waals surface area contributed by atoms with Crippen molar-refractivity contribution in [3.05, 3.63) is 48.6 Å². The van der Waals surface area contributed by atoms with Gasteiger partial charge in [-0.2, -0.15) is 0 Å². The van der Waals surface area contributed by atoms with Crippen LogP contribution in [0.3, 0.4) is 0 Å². The van der Waals surface area contributed by atoms with Gasteiger partial charge in [-0.25, -0.2) is 0 Å². The average molecular weight is 898 g/mol. The van der Waals surface area contributed by atoms with Crippen LogP contribution in [0.15, 0.2) is 48.6 Å². The van der Waals surface area contributed by atoms with Crippen LogP contribution in [0, 0.1) is 0 Å². The van der Waals surface area contributed by atoms with Crippen molar-refractivity contribution in [2.45, 2.75) is 296 Å². The molecule has 0 aromatic carbocycles. The molecule has 3 N–H and O–H groups in total. The van der Waals surface area contributed by atoms with E-state index in [9.17, 15) is 19.8 Å². The zero-order valence-corrected chi connectivity index (χ0v) is 42.5. The van der Waals surface area contributed by atoms with Crippen molar-refractivity contribution < 1.29 is 24.5 Å². The van der Waals surface area contributed by atoms with Crippen molar-refractivity contribution in [2.24, 2.45) is 0 Å². The lowest BCUT2D eigenvalue weighted by molar-refractivity contribution is -0.143. The third kappa shape index (κ3) is 49.3. The maximum atomic E-state index is 12.4. The molecule has 0 aliphatic heterocycles. The summed E-state index contributed by atoms with van der Waals surface area (Å²) in [4.78, 5) is 24.4. The normalized spacial score (nSPS) is 13.0. The van der Waals surface area contributed by atoms with Gasteiger partial charge in [-0.15, -0.1) is 0 Å². The maximum Gasteiger partial charge on any atom is 0.305 e. The molecule has 0 aromatic rings. The summed E-state index contributed by atoms with van der Waals surface area (Å²) in [5, 5.41) is 22.9. The van der Waals surface area contributed by atoms with E-state index in [1.807, 2.05) is 6.08 Å². The summed E-state index contributed by atoms with van der Waals surface area (Å²) in [5.41, 5.74) is 0. The third-order valence-corrected chi connectivity index (χ3v) is 12.6. The fraction of sp³-hybridized carbons (Fsp3) is 0.828. The lowest BCUT2D eigenvalue weighted by Crippen LogP contribution is -2.45. The molecule has 0 heterocycles. The van der Waals surface area contributed by atoms with Crippen LogP contribution in [0.25, 0.3) is 0 Å². The van der Waals surface area contributed by atoms with Crippen molar-refractivity contribution in [1.29, 1.82) is 0 Å². The third-order valence-electron chi connectivity index (χ3n) is 12.6. The Hall–Kier alpha value is -2.18. The summed E-state index contributed by atoms with van der Waals surface area (Å²) in [6.07, 6.45) is 67.0. The van der Waals surface area contributed by atoms with Gasteiger partial charge in [-0.3, -0.25) is 9.59 Å². The molecule has 0 radical (unpaired) electrons. The van der Waals surface area contributed by atoms with Crippen molar-refractivity contribution in [3.63, 3.8) is 0 Å². The summed E-state index contributed by atoms with van der Waals surface area (Å²) in [6.45, 7) is 4.84. The van der Waals surface area contributed by atoms with Crippen LogP contribution in [0.1, 0.15) is 284 Å². The van der Waals surface area contributed by atoms with Crippen LogP contribution < -0.4 is 5.32 Å². The summed E-state index contributed by atoms with van der Waals surface area (Å²) in [7, 11) is 0. The second-order valence-electron chi connectivity index (χ2n) is 18.9. The predicted molar refractivity (Wildman–Crippen MR) is 278 cm³/mol. The molecule has 6 nitrogen and oxygen atoms in total. The Kier molecular flexibility index (Phi) is 51.6. The van der Waals surface area contributed by atoms with Crippen molar-refractivity contribution in [3.8, 4) is 0 Å². The van der Waals surface area contributed by atoms with Gasteiger partial charge in [0.05, 0.1) is 25.4 Å². The molecule has 1 amide bonds. The van der Waals surface area contributed by atoms with Crippen LogP contribution in [-0.4, -0.2) is 47.4 Å². The van der Waals surface area contributed by atoms with E-state index < -0.39 is 12.1 Å². The van der Waals surface area contributed by atoms with Gasteiger partial charge in [-0.05, 0) is 89.9 Å². The first-order chi connectivity index (χ1) is 31.5. The number of ether oxygens (including phenoxy) is 1. The first-order valence-corrected chi connectivity index (χ1v) is 27.9. The Morgan fingerprint density at radius 1 is 0.438 bits per heavy atom. The van der Waals surface area contributed by atoms with Crippen molar-refractivity contribution in [2.75, 3.05) is 13.2 Å². The molecule has 64 heavy (non-hydrogen) atoms. The van der Waals surface area contributed by atoms with E-state index in [1.165, 1.54) is 199 Å². The van der Waals surface area contributed by atoms with Crippen LogP contribution in [0.4, 0.5) is 0 Å². The number of rotatable bonds is 51. The number of hydrogen-bond donors (Lipinski definition) is 3. The van der Waals surface area contributed by atoms with E-state index in [-0.39, 0.29) is 18.5 Å². The molecule has 0 saturated heterocycles. The molecular weight excluding hydrogens is 791 g/mol. The van der Waals surface area contributed by atoms with E-state index in [4.69, 9.17) is 4.74 Å². The number of aliphatic hydroxyl groups excluding tert-OH is 2. The number of carbonyl (C=O) groups excluding carboxylic acids is 2. The van der Waals surface area contributed by atoms with Crippen molar-refractivity contribution in [1.82, 2.24) is 5.32 Å². The molecule has 2 atom stereocenters. The quantitative estimate of drug-likeness (QED) is 0.0321. The maximum absolute atomic E-state index is 12.4. The molecule has 0 fully saturated rings. The van der Waals surface area contributed by atoms with Crippen LogP contribution >= 0.6 is 0 Å². The molecule has 0 bridgehead atoms. The number of allylic oxidation sites excluding steroid dienone is 7. The second kappa shape index (κ2) is 53.4. The molecule has 2 unspecified atom stereocenters. The zero-order chi connectivity index (χ0) is 46.5. The molecule has 0 saturated carbocycles. The van der Waals surface area contributed by atoms with E-state index in [1.54, 1.807) is 6.08 Å². The minimum Gasteiger partial charge on any atom is -0.466 e. The Morgan fingerprint density at radius 2 is 0.781 bits per heavy atom. The largest absolute Gasteiger partial charge is 0.466 e. The zero-order valence-electron chi connectivity index (χ0n) is 42.5. The van der Waals surface area contributed by atoms with E-state index in [0.717, 1.165) is 57.8 Å². The Morgan fingerprint density at radius 3 is 1.23 bits per heavy atom. The molecule has 374 valence electrons. The lowest BCUT2D eigenvalue weighted by Gasteiger charge is -2.20. The smallest absolute Gasteiger partial charge is 0.305 e. The minimum atomic E-state index is -0.847. The molecule has 0 spiro atoms. The number of hydrogen-bond acceptors (Lipinski definition) is 5. The van der Waals surface area contributed by atoms with E-state index in [0.29, 0.717) is 19.4 Å². The summed E-state index contributed by atoms with van der Waals surface area (Å²) in [5.74, 6) is -0.0835. The highest BCUT2D eigenvalue weighted by molar-refractivity contribution is 5.76. The first-order valence-electron chi connectivity index (χ1n) is 27.9. The number of carbonyl (C=O) groups is 2. The van der Waals surface area contributed by atoms with Gasteiger partial charge >= 0.3 is 5.97 Å². The Labute approximate surface area is 397 Å². The topological polar surface area (TPSA) is 95.9 Å². The minimum absolute atomic E-state index is 0.00550. The monoisotopic (exact) mass is 898 g/mol. The molecule has 6 heteroatoms. The number of nitrogens with one attached hydrogen (secondary N) is 1. The van der Waals surface area contributed by atoms with Gasteiger partial charge in [0.15, 0.2) is 0 Å². The Balaban J connectivity index is 3.43. The van der Waals surface area contributed by atoms with Crippen LogP contribution in [-0.2, 0) is 14.3 Å². The number of unbranched alkanes of at least 4 members (excludes halogenated alkanes) is 34. The van der Waals surface area contributed by atoms with Gasteiger partial charge in [0.25, 0.3) is 0 Å². The first kappa shape index (κ1) is 61.8. The standard InChI is InChI=1S/C58H107NO5/c1-3-5-7-9-11-13-15-16-25-29-32-36-40-44-48-52-58(63)64-53-49-45-41-37-33-30-27-24-22-20-18-17-19-21-23-26-28-31-35-39-43-47-51-57(62)59-55(54-60)56(61)50-46-42-38-34-14-12-10-8-6-4-2/h11,13,16,19,21,25,46,50,55-56,60-61H,3-10,12,14-15,17-18,20,22-24,26-45,47-49,51-54H2,1-2H3,(H,59,62)/b13-11-,21-19-,25-16-,50-46+. The summed E-state index contributed by atoms with van der Waals surface area (Å²) in [6, 6.07) is -0.632. The highest BCUT2D eigenvalue weighted by atomic mass is 16.5. The molecular formula is C58H107NO5. The SMILES string of the molecule is CCCCC/C=C\C/C=C\CCCCCCCC(=O)OCCCCCCCCCCCCC/C=C\CCCCCCCCCC(=O)NC(CO)C(O)/C=C/CCCCCCCCCC. The predicted octanol–water partition coefficient (Wildman–Crippen LogP) is 17.0. The van der Waals surface area contributed by atoms with E-state index in [2.05, 4.69) is 55.6 Å². The number of aliphatic hydroxyl groups is 2. The van der Waals surface area contributed by atoms with Gasteiger partial charge in [0.1, 0.15) is 0 Å². The van der Waals surface area contributed by atoms with E-state index >= 15 is 0 Å². The molecule has 0 aliphatic carbocycles. The second-order valence-corrected chi connectivity index (χ2v) is 18.9. The molecule has 0 aromatic heterocycles. The fourth-order valence-electron chi connectivity index (χ4n) is 8.25. The van der Waals surface area contributed by atoms with Gasteiger partial charge in [0.2, 0.25) is 5.91 Å².